The molecule has 8 aromatic carbocycles. The van der Waals surface area contributed by atoms with E-state index in [4.69, 9.17) is 6.57 Å². The topological polar surface area (TPSA) is 42.9 Å². The molecule has 0 aliphatic rings. The van der Waals surface area contributed by atoms with E-state index in [-0.39, 0.29) is 0 Å². The van der Waals surface area contributed by atoms with Crippen molar-refractivity contribution in [2.45, 2.75) is 0 Å². The molecule has 0 N–H and O–H groups in total. The van der Waals surface area contributed by atoms with Crippen molar-refractivity contribution in [1.82, 2.24) is 13.7 Å². The van der Waals surface area contributed by atoms with E-state index >= 15 is 0 Å². The Hall–Kier alpha value is -7.86. The Morgan fingerprint density at radius 3 is 1.53 bits per heavy atom. The second kappa shape index (κ2) is 11.8. The molecule has 0 saturated heterocycles. The summed E-state index contributed by atoms with van der Waals surface area (Å²) in [5, 5.41) is 17.7. The molecular weight excluding hydrogens is 671 g/mol. The Labute approximate surface area is 316 Å². The van der Waals surface area contributed by atoms with Crippen LogP contribution >= 0.6 is 0 Å². The second-order valence-electron chi connectivity index (χ2n) is 13.9. The van der Waals surface area contributed by atoms with Crippen LogP contribution in [0.2, 0.25) is 0 Å². The van der Waals surface area contributed by atoms with Crippen LogP contribution in [-0.4, -0.2) is 13.7 Å². The number of fused-ring (bicyclic) bond motifs is 9. The summed E-state index contributed by atoms with van der Waals surface area (Å²) in [6.45, 7) is 7.84. The summed E-state index contributed by atoms with van der Waals surface area (Å²) in [5.41, 5.74) is 12.2. The Balaban J connectivity index is 1.28. The summed E-state index contributed by atoms with van der Waals surface area (Å²) >= 11 is 0. The van der Waals surface area contributed by atoms with Gasteiger partial charge in [-0.2, -0.15) is 5.26 Å². The van der Waals surface area contributed by atoms with Crippen molar-refractivity contribution in [3.63, 3.8) is 0 Å². The first kappa shape index (κ1) is 30.7. The van der Waals surface area contributed by atoms with E-state index in [2.05, 4.69) is 158 Å². The zero-order valence-corrected chi connectivity index (χ0v) is 29.5. The third-order valence-corrected chi connectivity index (χ3v) is 11.1. The molecule has 3 heterocycles. The van der Waals surface area contributed by atoms with E-state index in [0.717, 1.165) is 82.8 Å². The lowest BCUT2D eigenvalue weighted by Gasteiger charge is -2.20. The number of aromatic nitrogens is 3. The normalized spacial score (nSPS) is 11.6. The number of rotatable bonds is 4. The minimum absolute atomic E-state index is 0.567. The first-order chi connectivity index (χ1) is 27.2. The summed E-state index contributed by atoms with van der Waals surface area (Å²) in [4.78, 5) is 3.79. The highest BCUT2D eigenvalue weighted by Crippen LogP contribution is 2.44. The Morgan fingerprint density at radius 2 is 0.891 bits per heavy atom. The van der Waals surface area contributed by atoms with E-state index in [0.29, 0.717) is 11.3 Å². The fourth-order valence-corrected chi connectivity index (χ4v) is 8.88. The molecule has 0 spiro atoms. The predicted molar refractivity (Wildman–Crippen MR) is 226 cm³/mol. The summed E-state index contributed by atoms with van der Waals surface area (Å²) < 4.78 is 7.01. The zero-order valence-electron chi connectivity index (χ0n) is 29.5. The number of para-hydroxylation sites is 6. The van der Waals surface area contributed by atoms with Gasteiger partial charge in [-0.1, -0.05) is 121 Å². The average molecular weight is 700 g/mol. The molecule has 0 atom stereocenters. The van der Waals surface area contributed by atoms with Crippen molar-refractivity contribution in [3.8, 4) is 34.3 Å². The van der Waals surface area contributed by atoms with Gasteiger partial charge in [0.2, 0.25) is 0 Å². The highest BCUT2D eigenvalue weighted by Gasteiger charge is 2.24. The Morgan fingerprint density at radius 1 is 0.418 bits per heavy atom. The first-order valence-corrected chi connectivity index (χ1v) is 18.3. The lowest BCUT2D eigenvalue weighted by atomic mass is 9.96. The third kappa shape index (κ3) is 4.33. The largest absolute Gasteiger partial charge is 0.310 e. The van der Waals surface area contributed by atoms with Crippen molar-refractivity contribution >= 4 is 71.1 Å². The number of nitriles is 1. The van der Waals surface area contributed by atoms with Gasteiger partial charge >= 0.3 is 0 Å². The van der Waals surface area contributed by atoms with Gasteiger partial charge in [0.25, 0.3) is 0 Å². The quantitative estimate of drug-likeness (QED) is 0.169. The molecule has 0 aliphatic heterocycles. The van der Waals surface area contributed by atoms with Crippen molar-refractivity contribution in [3.05, 3.63) is 193 Å². The Bertz CT molecular complexity index is 3420. The van der Waals surface area contributed by atoms with Crippen LogP contribution in [0.5, 0.6) is 0 Å². The molecule has 0 saturated carbocycles. The van der Waals surface area contributed by atoms with E-state index in [9.17, 15) is 5.26 Å². The van der Waals surface area contributed by atoms with Crippen molar-refractivity contribution < 1.29 is 0 Å². The highest BCUT2D eigenvalue weighted by molar-refractivity contribution is 6.16. The molecule has 55 heavy (non-hydrogen) atoms. The maximum Gasteiger partial charge on any atom is 0.189 e. The average Bonchev–Trinajstić information content (AvgIpc) is 3.89. The van der Waals surface area contributed by atoms with Gasteiger partial charge in [-0.3, -0.25) is 0 Å². The predicted octanol–water partition coefficient (Wildman–Crippen LogP) is 13.1. The second-order valence-corrected chi connectivity index (χ2v) is 13.9. The number of hydrogen-bond donors (Lipinski definition) is 0. The fourth-order valence-electron chi connectivity index (χ4n) is 8.88. The van der Waals surface area contributed by atoms with Crippen molar-refractivity contribution in [2.75, 3.05) is 0 Å². The molecule has 0 unspecified atom stereocenters. The number of benzene rings is 8. The first-order valence-electron chi connectivity index (χ1n) is 18.3. The standard InChI is InChI=1S/C50H29N5/c1-52-33-28-29-38-36-17-4-9-23-43(36)54(48(38)30-33)46-26-12-14-32(31-51)49(46)40-19-6-11-25-45(40)55-44-24-10-5-18-37(44)39-20-13-27-47(50(39)55)53-41-21-7-2-15-34(41)35-16-3-8-22-42(35)53/h2-30H. The molecule has 0 amide bonds. The van der Waals surface area contributed by atoms with Gasteiger partial charge in [-0.05, 0) is 54.6 Å². The maximum absolute atomic E-state index is 10.8. The van der Waals surface area contributed by atoms with E-state index in [1.807, 2.05) is 42.5 Å². The molecule has 5 nitrogen and oxygen atoms in total. The van der Waals surface area contributed by atoms with Crippen LogP contribution in [0.15, 0.2) is 176 Å². The monoisotopic (exact) mass is 699 g/mol. The number of nitrogens with zero attached hydrogens (tertiary/aromatic N) is 5. The summed E-state index contributed by atoms with van der Waals surface area (Å²) in [7, 11) is 0. The lowest BCUT2D eigenvalue weighted by molar-refractivity contribution is 1.13. The van der Waals surface area contributed by atoms with Crippen LogP contribution in [0, 0.1) is 17.9 Å². The molecule has 0 aliphatic carbocycles. The van der Waals surface area contributed by atoms with Crippen LogP contribution in [0.4, 0.5) is 5.69 Å². The lowest BCUT2D eigenvalue weighted by Crippen LogP contribution is -2.04. The van der Waals surface area contributed by atoms with Gasteiger partial charge in [-0.15, -0.1) is 0 Å². The minimum Gasteiger partial charge on any atom is -0.310 e. The molecule has 0 bridgehead atoms. The van der Waals surface area contributed by atoms with E-state index in [1.54, 1.807) is 0 Å². The maximum atomic E-state index is 10.8. The van der Waals surface area contributed by atoms with Crippen LogP contribution < -0.4 is 0 Å². The molecule has 3 aromatic heterocycles. The van der Waals surface area contributed by atoms with Crippen molar-refractivity contribution in [1.29, 1.82) is 5.26 Å². The molecule has 5 heteroatoms. The van der Waals surface area contributed by atoms with Gasteiger partial charge in [0.15, 0.2) is 5.69 Å². The van der Waals surface area contributed by atoms with Gasteiger partial charge in [0, 0.05) is 49.0 Å². The summed E-state index contributed by atoms with van der Waals surface area (Å²) in [5.74, 6) is 0. The molecule has 11 rings (SSSR count). The van der Waals surface area contributed by atoms with Gasteiger partial charge in [0.05, 0.1) is 62.9 Å². The van der Waals surface area contributed by atoms with Gasteiger partial charge in [0.1, 0.15) is 0 Å². The van der Waals surface area contributed by atoms with Crippen LogP contribution in [0.3, 0.4) is 0 Å². The molecule has 254 valence electrons. The molecule has 11 aromatic rings. The van der Waals surface area contributed by atoms with Crippen LogP contribution in [0.1, 0.15) is 5.56 Å². The summed E-state index contributed by atoms with van der Waals surface area (Å²) in [6, 6.07) is 63.6. The summed E-state index contributed by atoms with van der Waals surface area (Å²) in [6.07, 6.45) is 0. The SMILES string of the molecule is [C-]#[N+]c1ccc2c3ccccc3n(-c3cccc(C#N)c3-c3ccccc3-n3c4ccccc4c4cccc(-n5c6ccccc6c6ccccc65)c43)c2c1. The van der Waals surface area contributed by atoms with E-state index in [1.165, 1.54) is 10.8 Å². The molecular formula is C50H29N5. The van der Waals surface area contributed by atoms with Gasteiger partial charge in [-0.25, -0.2) is 4.85 Å². The number of hydrogen-bond acceptors (Lipinski definition) is 1. The van der Waals surface area contributed by atoms with Gasteiger partial charge < -0.3 is 13.7 Å². The third-order valence-electron chi connectivity index (χ3n) is 11.1. The van der Waals surface area contributed by atoms with Crippen LogP contribution in [0.25, 0.3) is 98.5 Å². The van der Waals surface area contributed by atoms with Crippen molar-refractivity contribution in [2.24, 2.45) is 0 Å². The minimum atomic E-state index is 0.567. The smallest absolute Gasteiger partial charge is 0.189 e. The molecule has 0 fully saturated rings. The fraction of sp³-hybridized carbons (Fsp3) is 0. The Kier molecular flexibility index (Phi) is 6.61. The molecule has 0 radical (unpaired) electrons. The van der Waals surface area contributed by atoms with Crippen LogP contribution in [-0.2, 0) is 0 Å². The zero-order chi connectivity index (χ0) is 36.6. The highest BCUT2D eigenvalue weighted by atomic mass is 15.1. The van der Waals surface area contributed by atoms with E-state index < -0.39 is 0 Å².